The molecule has 1 fully saturated rings. The number of nitrogens with zero attached hydrogens (tertiary/aromatic N) is 1. The van der Waals surface area contributed by atoms with Crippen molar-refractivity contribution in [1.29, 1.82) is 0 Å². The van der Waals surface area contributed by atoms with E-state index in [1.165, 1.54) is 4.90 Å². The standard InChI is InChI=1S/C8H14N2O4/c1-2-14-7(11)6-5-10(8(12)13)4-3-9-6/h6,9H,2-5H2,1H3,(H,12,13). The van der Waals surface area contributed by atoms with Crippen LogP contribution in [0, 0.1) is 0 Å². The summed E-state index contributed by atoms with van der Waals surface area (Å²) >= 11 is 0. The van der Waals surface area contributed by atoms with Crippen molar-refractivity contribution in [3.8, 4) is 0 Å². The molecule has 0 aromatic heterocycles. The summed E-state index contributed by atoms with van der Waals surface area (Å²) in [5.74, 6) is -0.390. The zero-order valence-corrected chi connectivity index (χ0v) is 8.02. The Morgan fingerprint density at radius 2 is 2.36 bits per heavy atom. The van der Waals surface area contributed by atoms with Gasteiger partial charge in [0, 0.05) is 13.1 Å². The Morgan fingerprint density at radius 1 is 1.64 bits per heavy atom. The third-order valence-corrected chi connectivity index (χ3v) is 2.02. The number of ether oxygens (including phenoxy) is 1. The molecule has 1 aliphatic heterocycles. The lowest BCUT2D eigenvalue weighted by Gasteiger charge is -2.30. The monoisotopic (exact) mass is 202 g/mol. The van der Waals surface area contributed by atoms with Gasteiger partial charge in [-0.2, -0.15) is 0 Å². The summed E-state index contributed by atoms with van der Waals surface area (Å²) in [4.78, 5) is 23.1. The smallest absolute Gasteiger partial charge is 0.407 e. The van der Waals surface area contributed by atoms with E-state index in [0.29, 0.717) is 19.7 Å². The molecule has 0 aromatic carbocycles. The van der Waals surface area contributed by atoms with Gasteiger partial charge in [0.25, 0.3) is 0 Å². The Bertz CT molecular complexity index is 231. The third-order valence-electron chi connectivity index (χ3n) is 2.02. The number of carbonyl (C=O) groups excluding carboxylic acids is 1. The Labute approximate surface area is 81.8 Å². The number of amides is 1. The highest BCUT2D eigenvalue weighted by Gasteiger charge is 2.28. The molecule has 2 N–H and O–H groups in total. The van der Waals surface area contributed by atoms with Gasteiger partial charge in [-0.25, -0.2) is 4.79 Å². The first-order chi connectivity index (χ1) is 6.65. The summed E-state index contributed by atoms with van der Waals surface area (Å²) in [7, 11) is 0. The molecule has 80 valence electrons. The van der Waals surface area contributed by atoms with Crippen LogP contribution >= 0.6 is 0 Å². The van der Waals surface area contributed by atoms with Crippen molar-refractivity contribution >= 4 is 12.1 Å². The molecule has 6 heteroatoms. The van der Waals surface area contributed by atoms with Crippen molar-refractivity contribution in [1.82, 2.24) is 10.2 Å². The first-order valence-electron chi connectivity index (χ1n) is 4.53. The number of hydrogen-bond donors (Lipinski definition) is 2. The molecule has 1 amide bonds. The van der Waals surface area contributed by atoms with E-state index in [1.54, 1.807) is 6.92 Å². The number of hydrogen-bond acceptors (Lipinski definition) is 4. The fourth-order valence-electron chi connectivity index (χ4n) is 1.32. The molecule has 1 atom stereocenters. The minimum Gasteiger partial charge on any atom is -0.465 e. The molecule has 0 radical (unpaired) electrons. The average Bonchev–Trinajstić information content (AvgIpc) is 2.18. The predicted octanol–water partition coefficient (Wildman–Crippen LogP) is -0.499. The highest BCUT2D eigenvalue weighted by molar-refractivity contribution is 5.77. The first-order valence-corrected chi connectivity index (χ1v) is 4.53. The van der Waals surface area contributed by atoms with Crippen LogP contribution in [0.2, 0.25) is 0 Å². The van der Waals surface area contributed by atoms with Crippen LogP contribution in [-0.2, 0) is 9.53 Å². The Morgan fingerprint density at radius 3 is 2.93 bits per heavy atom. The molecule has 1 heterocycles. The zero-order valence-electron chi connectivity index (χ0n) is 8.02. The highest BCUT2D eigenvalue weighted by atomic mass is 16.5. The third kappa shape index (κ3) is 2.59. The van der Waals surface area contributed by atoms with Crippen LogP contribution in [0.1, 0.15) is 6.92 Å². The van der Waals surface area contributed by atoms with Gasteiger partial charge in [-0.05, 0) is 6.92 Å². The Hall–Kier alpha value is -1.30. The maximum absolute atomic E-state index is 11.3. The van der Waals surface area contributed by atoms with Crippen molar-refractivity contribution in [3.05, 3.63) is 0 Å². The lowest BCUT2D eigenvalue weighted by Crippen LogP contribution is -2.55. The summed E-state index contributed by atoms with van der Waals surface area (Å²) in [6.45, 7) is 3.08. The highest BCUT2D eigenvalue weighted by Crippen LogP contribution is 2.01. The van der Waals surface area contributed by atoms with E-state index in [4.69, 9.17) is 9.84 Å². The molecule has 1 aliphatic rings. The molecule has 6 nitrogen and oxygen atoms in total. The lowest BCUT2D eigenvalue weighted by molar-refractivity contribution is -0.146. The van der Waals surface area contributed by atoms with Gasteiger partial charge in [0.1, 0.15) is 6.04 Å². The zero-order chi connectivity index (χ0) is 10.6. The summed E-state index contributed by atoms with van der Waals surface area (Å²) < 4.78 is 4.79. The summed E-state index contributed by atoms with van der Waals surface area (Å²) in [6, 6.07) is -0.528. The van der Waals surface area contributed by atoms with Gasteiger partial charge < -0.3 is 20.1 Å². The molecule has 0 aromatic rings. The number of nitrogens with one attached hydrogen (secondary N) is 1. The fourth-order valence-corrected chi connectivity index (χ4v) is 1.32. The molecule has 1 rings (SSSR count). The van der Waals surface area contributed by atoms with Crippen molar-refractivity contribution in [3.63, 3.8) is 0 Å². The number of piperazine rings is 1. The molecule has 0 spiro atoms. The maximum atomic E-state index is 11.3. The molecule has 1 saturated heterocycles. The van der Waals surface area contributed by atoms with E-state index in [2.05, 4.69) is 5.32 Å². The maximum Gasteiger partial charge on any atom is 0.407 e. The molecular weight excluding hydrogens is 188 g/mol. The van der Waals surface area contributed by atoms with Gasteiger partial charge in [-0.1, -0.05) is 0 Å². The van der Waals surface area contributed by atoms with Crippen LogP contribution in [0.25, 0.3) is 0 Å². The van der Waals surface area contributed by atoms with Gasteiger partial charge in [-0.15, -0.1) is 0 Å². The Balaban J connectivity index is 2.47. The number of rotatable bonds is 2. The van der Waals surface area contributed by atoms with E-state index in [1.807, 2.05) is 0 Å². The topological polar surface area (TPSA) is 78.9 Å². The van der Waals surface area contributed by atoms with Crippen molar-refractivity contribution in [2.24, 2.45) is 0 Å². The second-order valence-corrected chi connectivity index (χ2v) is 2.99. The van der Waals surface area contributed by atoms with Crippen LogP contribution in [0.4, 0.5) is 4.79 Å². The van der Waals surface area contributed by atoms with E-state index < -0.39 is 18.1 Å². The van der Waals surface area contributed by atoms with E-state index >= 15 is 0 Å². The first kappa shape index (κ1) is 10.8. The van der Waals surface area contributed by atoms with Crippen LogP contribution in [0.3, 0.4) is 0 Å². The fraction of sp³-hybridized carbons (Fsp3) is 0.750. The number of carbonyl (C=O) groups is 2. The number of carboxylic acid groups (broad SMARTS) is 1. The van der Waals surface area contributed by atoms with Crippen LogP contribution in [0.5, 0.6) is 0 Å². The van der Waals surface area contributed by atoms with Crippen molar-refractivity contribution in [2.75, 3.05) is 26.2 Å². The van der Waals surface area contributed by atoms with Crippen molar-refractivity contribution in [2.45, 2.75) is 13.0 Å². The molecule has 1 unspecified atom stereocenters. The van der Waals surface area contributed by atoms with Crippen LogP contribution < -0.4 is 5.32 Å². The number of esters is 1. The summed E-state index contributed by atoms with van der Waals surface area (Å²) in [5.41, 5.74) is 0. The van der Waals surface area contributed by atoms with Gasteiger partial charge in [0.05, 0.1) is 13.2 Å². The minimum atomic E-state index is -0.999. The van der Waals surface area contributed by atoms with Crippen molar-refractivity contribution < 1.29 is 19.4 Å². The molecule has 0 saturated carbocycles. The van der Waals surface area contributed by atoms with E-state index in [-0.39, 0.29) is 6.54 Å². The van der Waals surface area contributed by atoms with Gasteiger partial charge in [0.15, 0.2) is 0 Å². The quantitative estimate of drug-likeness (QED) is 0.590. The van der Waals surface area contributed by atoms with Crippen LogP contribution in [-0.4, -0.2) is 54.4 Å². The molecule has 14 heavy (non-hydrogen) atoms. The minimum absolute atomic E-state index is 0.161. The molecular formula is C8H14N2O4. The predicted molar refractivity (Wildman–Crippen MR) is 48.0 cm³/mol. The summed E-state index contributed by atoms with van der Waals surface area (Å²) in [5, 5.41) is 11.6. The van der Waals surface area contributed by atoms with Gasteiger partial charge in [-0.3, -0.25) is 4.79 Å². The summed E-state index contributed by atoms with van der Waals surface area (Å²) in [6.07, 6.45) is -0.999. The SMILES string of the molecule is CCOC(=O)C1CN(C(=O)O)CCN1. The lowest BCUT2D eigenvalue weighted by atomic mass is 10.2. The Kier molecular flexibility index (Phi) is 3.70. The second-order valence-electron chi connectivity index (χ2n) is 2.99. The normalized spacial score (nSPS) is 21.8. The largest absolute Gasteiger partial charge is 0.465 e. The van der Waals surface area contributed by atoms with E-state index in [9.17, 15) is 9.59 Å². The molecule has 0 aliphatic carbocycles. The van der Waals surface area contributed by atoms with Gasteiger partial charge >= 0.3 is 12.1 Å². The van der Waals surface area contributed by atoms with Crippen LogP contribution in [0.15, 0.2) is 0 Å². The van der Waals surface area contributed by atoms with Gasteiger partial charge in [0.2, 0.25) is 0 Å². The second kappa shape index (κ2) is 4.80. The molecule has 0 bridgehead atoms. The average molecular weight is 202 g/mol. The van der Waals surface area contributed by atoms with E-state index in [0.717, 1.165) is 0 Å².